The van der Waals surface area contributed by atoms with Crippen LogP contribution in [0.15, 0.2) is 53.3 Å². The summed E-state index contributed by atoms with van der Waals surface area (Å²) in [5, 5.41) is 3.38. The summed E-state index contributed by atoms with van der Waals surface area (Å²) in [6.07, 6.45) is 0. The largest absolute Gasteiger partial charge is 0.367 e. The van der Waals surface area contributed by atoms with Crippen molar-refractivity contribution in [2.45, 2.75) is 19.4 Å². The van der Waals surface area contributed by atoms with Crippen molar-refractivity contribution in [2.75, 3.05) is 31.1 Å². The highest BCUT2D eigenvalue weighted by Gasteiger charge is 2.28. The second-order valence-electron chi connectivity index (χ2n) is 7.10. The highest BCUT2D eigenvalue weighted by molar-refractivity contribution is 5.89. The first-order valence-electron chi connectivity index (χ1n) is 8.84. The Balaban J connectivity index is 1.89. The van der Waals surface area contributed by atoms with Gasteiger partial charge in [0.05, 0.1) is 22.3 Å². The molecular formula is C20H24N4O. The van der Waals surface area contributed by atoms with Crippen molar-refractivity contribution in [3.63, 3.8) is 0 Å². The Morgan fingerprint density at radius 1 is 0.960 bits per heavy atom. The topological polar surface area (TPSA) is 53.1 Å². The highest BCUT2D eigenvalue weighted by atomic mass is 16.1. The van der Waals surface area contributed by atoms with E-state index in [1.807, 2.05) is 34.9 Å². The Kier molecular flexibility index (Phi) is 3.88. The number of benzene rings is 2. The Labute approximate surface area is 147 Å². The summed E-state index contributed by atoms with van der Waals surface area (Å²) in [5.74, 6) is 0. The minimum atomic E-state index is -0.432. The van der Waals surface area contributed by atoms with E-state index in [2.05, 4.69) is 47.2 Å². The van der Waals surface area contributed by atoms with E-state index in [4.69, 9.17) is 0 Å². The summed E-state index contributed by atoms with van der Waals surface area (Å²) in [6, 6.07) is 16.4. The number of rotatable bonds is 3. The van der Waals surface area contributed by atoms with Crippen LogP contribution in [0, 0.1) is 0 Å². The molecule has 130 valence electrons. The van der Waals surface area contributed by atoms with E-state index in [0.29, 0.717) is 0 Å². The average Bonchev–Trinajstić information content (AvgIpc) is 2.99. The third kappa shape index (κ3) is 2.65. The Bertz CT molecular complexity index is 933. The summed E-state index contributed by atoms with van der Waals surface area (Å²) in [5.41, 5.74) is 3.61. The van der Waals surface area contributed by atoms with Gasteiger partial charge in [0, 0.05) is 26.2 Å². The number of H-pyrrole nitrogens is 1. The molecule has 1 fully saturated rings. The van der Waals surface area contributed by atoms with Crippen molar-refractivity contribution >= 4 is 16.7 Å². The quantitative estimate of drug-likeness (QED) is 0.773. The lowest BCUT2D eigenvalue weighted by molar-refractivity contribution is 0.436. The standard InChI is InChI=1S/C20H24N4O/c1-20(2,15-7-4-3-5-8-15)24-17-10-6-9-16(18(17)22-19(24)25)23-13-11-21-12-14-23/h3-10,21H,11-14H2,1-2H3,(H,22,25). The lowest BCUT2D eigenvalue weighted by Gasteiger charge is -2.30. The van der Waals surface area contributed by atoms with E-state index >= 15 is 0 Å². The molecule has 5 nitrogen and oxygen atoms in total. The van der Waals surface area contributed by atoms with Gasteiger partial charge in [0.2, 0.25) is 0 Å². The molecule has 2 heterocycles. The van der Waals surface area contributed by atoms with Crippen LogP contribution < -0.4 is 15.9 Å². The lowest BCUT2D eigenvalue weighted by Crippen LogP contribution is -2.43. The summed E-state index contributed by atoms with van der Waals surface area (Å²) in [4.78, 5) is 18.3. The molecule has 2 N–H and O–H groups in total. The Hall–Kier alpha value is -2.53. The number of fused-ring (bicyclic) bond motifs is 1. The van der Waals surface area contributed by atoms with Gasteiger partial charge < -0.3 is 15.2 Å². The van der Waals surface area contributed by atoms with Crippen LogP contribution in [0.4, 0.5) is 5.69 Å². The molecule has 5 heteroatoms. The molecule has 3 aromatic rings. The molecule has 1 saturated heterocycles. The zero-order chi connectivity index (χ0) is 17.4. The van der Waals surface area contributed by atoms with E-state index in [9.17, 15) is 4.79 Å². The van der Waals surface area contributed by atoms with Crippen molar-refractivity contribution in [1.82, 2.24) is 14.9 Å². The van der Waals surface area contributed by atoms with Crippen LogP contribution in [0.5, 0.6) is 0 Å². The number of nitrogens with one attached hydrogen (secondary N) is 2. The van der Waals surface area contributed by atoms with Gasteiger partial charge in [-0.25, -0.2) is 4.79 Å². The van der Waals surface area contributed by atoms with E-state index in [1.165, 1.54) is 0 Å². The first-order valence-corrected chi connectivity index (χ1v) is 8.84. The molecule has 0 saturated carbocycles. The van der Waals surface area contributed by atoms with Crippen molar-refractivity contribution in [2.24, 2.45) is 0 Å². The highest BCUT2D eigenvalue weighted by Crippen LogP contribution is 2.31. The first kappa shape index (κ1) is 16.0. The normalized spacial score (nSPS) is 15.7. The van der Waals surface area contributed by atoms with Crippen LogP contribution in [0.25, 0.3) is 11.0 Å². The maximum Gasteiger partial charge on any atom is 0.327 e. The molecule has 2 aromatic carbocycles. The molecule has 0 bridgehead atoms. The van der Waals surface area contributed by atoms with Gasteiger partial charge in [0.1, 0.15) is 0 Å². The van der Waals surface area contributed by atoms with Gasteiger partial charge >= 0.3 is 5.69 Å². The molecule has 25 heavy (non-hydrogen) atoms. The van der Waals surface area contributed by atoms with Crippen LogP contribution in [-0.2, 0) is 5.54 Å². The number of aromatic amines is 1. The number of hydrogen-bond acceptors (Lipinski definition) is 3. The SMILES string of the molecule is CC(C)(c1ccccc1)n1c(=O)[nH]c2c(N3CCNCC3)cccc21. The second kappa shape index (κ2) is 6.08. The molecule has 0 aliphatic carbocycles. The zero-order valence-corrected chi connectivity index (χ0v) is 14.7. The molecule has 0 amide bonds. The number of anilines is 1. The fourth-order valence-corrected chi connectivity index (χ4v) is 3.81. The van der Waals surface area contributed by atoms with Crippen LogP contribution in [0.2, 0.25) is 0 Å². The van der Waals surface area contributed by atoms with Gasteiger partial charge in [-0.3, -0.25) is 4.57 Å². The molecule has 0 atom stereocenters. The van der Waals surface area contributed by atoms with Gasteiger partial charge in [-0.15, -0.1) is 0 Å². The summed E-state index contributed by atoms with van der Waals surface area (Å²) >= 11 is 0. The Morgan fingerprint density at radius 3 is 2.40 bits per heavy atom. The van der Waals surface area contributed by atoms with Gasteiger partial charge in [-0.1, -0.05) is 36.4 Å². The fraction of sp³-hybridized carbons (Fsp3) is 0.350. The molecule has 0 radical (unpaired) electrons. The van der Waals surface area contributed by atoms with Crippen LogP contribution in [-0.4, -0.2) is 35.7 Å². The number of imidazole rings is 1. The summed E-state index contributed by atoms with van der Waals surface area (Å²) < 4.78 is 1.88. The monoisotopic (exact) mass is 336 g/mol. The molecule has 1 aliphatic heterocycles. The van der Waals surface area contributed by atoms with Gasteiger partial charge in [-0.05, 0) is 31.5 Å². The van der Waals surface area contributed by atoms with E-state index in [1.54, 1.807) is 0 Å². The molecule has 0 spiro atoms. The second-order valence-corrected chi connectivity index (χ2v) is 7.10. The third-order valence-electron chi connectivity index (χ3n) is 5.19. The minimum Gasteiger partial charge on any atom is -0.367 e. The number of piperazine rings is 1. The Morgan fingerprint density at radius 2 is 1.68 bits per heavy atom. The van der Waals surface area contributed by atoms with Crippen molar-refractivity contribution in [1.29, 1.82) is 0 Å². The molecular weight excluding hydrogens is 312 g/mol. The van der Waals surface area contributed by atoms with Gasteiger partial charge in [0.25, 0.3) is 0 Å². The maximum absolute atomic E-state index is 12.9. The number of nitrogens with zero attached hydrogens (tertiary/aromatic N) is 2. The van der Waals surface area contributed by atoms with E-state index in [-0.39, 0.29) is 5.69 Å². The van der Waals surface area contributed by atoms with Gasteiger partial charge in [0.15, 0.2) is 0 Å². The van der Waals surface area contributed by atoms with Crippen molar-refractivity contribution < 1.29 is 0 Å². The van der Waals surface area contributed by atoms with Crippen LogP contribution in [0.1, 0.15) is 19.4 Å². The average molecular weight is 336 g/mol. The minimum absolute atomic E-state index is 0.0635. The van der Waals surface area contributed by atoms with Crippen molar-refractivity contribution in [3.05, 3.63) is 64.6 Å². The first-order chi connectivity index (χ1) is 12.1. The fourth-order valence-electron chi connectivity index (χ4n) is 3.81. The molecule has 4 rings (SSSR count). The van der Waals surface area contributed by atoms with E-state index < -0.39 is 5.54 Å². The van der Waals surface area contributed by atoms with E-state index in [0.717, 1.165) is 48.5 Å². The number of para-hydroxylation sites is 1. The zero-order valence-electron chi connectivity index (χ0n) is 14.7. The third-order valence-corrected chi connectivity index (χ3v) is 5.19. The maximum atomic E-state index is 12.9. The predicted octanol–water partition coefficient (Wildman–Crippen LogP) is 2.52. The summed E-state index contributed by atoms with van der Waals surface area (Å²) in [6.45, 7) is 8.03. The smallest absolute Gasteiger partial charge is 0.327 e. The summed E-state index contributed by atoms with van der Waals surface area (Å²) in [7, 11) is 0. The number of hydrogen-bond donors (Lipinski definition) is 2. The van der Waals surface area contributed by atoms with Crippen LogP contribution >= 0.6 is 0 Å². The lowest BCUT2D eigenvalue weighted by atomic mass is 9.94. The molecule has 0 unspecified atom stereocenters. The molecule has 1 aliphatic rings. The van der Waals surface area contributed by atoms with Crippen molar-refractivity contribution in [3.8, 4) is 0 Å². The predicted molar refractivity (Wildman–Crippen MR) is 103 cm³/mol. The molecule has 1 aromatic heterocycles. The van der Waals surface area contributed by atoms with Gasteiger partial charge in [-0.2, -0.15) is 0 Å². The number of aromatic nitrogens is 2. The van der Waals surface area contributed by atoms with Crippen LogP contribution in [0.3, 0.4) is 0 Å².